The third-order valence-corrected chi connectivity index (χ3v) is 2.35. The largest absolute Gasteiger partial charge is 0.497 e. The van der Waals surface area contributed by atoms with Crippen LogP contribution in [0, 0.1) is 0 Å². The van der Waals surface area contributed by atoms with E-state index in [0.29, 0.717) is 17.2 Å². The fourth-order valence-corrected chi connectivity index (χ4v) is 1.51. The van der Waals surface area contributed by atoms with Crippen LogP contribution in [0.25, 0.3) is 0 Å². The molecule has 0 fully saturated rings. The van der Waals surface area contributed by atoms with Gasteiger partial charge in [-0.3, -0.25) is 5.32 Å². The molecule has 0 radical (unpaired) electrons. The topological polar surface area (TPSA) is 68.8 Å². The van der Waals surface area contributed by atoms with Crippen LogP contribution in [0.5, 0.6) is 11.5 Å². The van der Waals surface area contributed by atoms with Gasteiger partial charge in [0.05, 0.1) is 26.5 Å². The van der Waals surface area contributed by atoms with Gasteiger partial charge >= 0.3 is 6.09 Å². The van der Waals surface area contributed by atoms with Gasteiger partial charge in [-0.2, -0.15) is 0 Å². The highest BCUT2D eigenvalue weighted by Crippen LogP contribution is 2.28. The highest BCUT2D eigenvalue weighted by Gasteiger charge is 2.09. The second-order valence-electron chi connectivity index (χ2n) is 3.37. The highest BCUT2D eigenvalue weighted by atomic mass is 32.1. The Balaban J connectivity index is 2.71. The maximum Gasteiger partial charge on any atom is 0.413 e. The van der Waals surface area contributed by atoms with Crippen molar-refractivity contribution in [3.63, 3.8) is 0 Å². The van der Waals surface area contributed by atoms with Gasteiger partial charge in [0.1, 0.15) is 11.5 Å². The molecule has 0 spiro atoms. The summed E-state index contributed by atoms with van der Waals surface area (Å²) in [5.41, 5.74) is 0.616. The van der Waals surface area contributed by atoms with Crippen molar-refractivity contribution in [1.82, 2.24) is 5.32 Å². The van der Waals surface area contributed by atoms with E-state index in [1.54, 1.807) is 32.2 Å². The Hall–Kier alpha value is -2.02. The van der Waals surface area contributed by atoms with E-state index in [2.05, 4.69) is 10.6 Å². The average molecular weight is 284 g/mol. The lowest BCUT2D eigenvalue weighted by Crippen LogP contribution is -2.34. The number of benzene rings is 1. The molecule has 0 aliphatic heterocycles. The summed E-state index contributed by atoms with van der Waals surface area (Å²) >= 11 is 4.99. The highest BCUT2D eigenvalue weighted by molar-refractivity contribution is 7.80. The van der Waals surface area contributed by atoms with Crippen LogP contribution in [0.15, 0.2) is 18.2 Å². The molecule has 2 N–H and O–H groups in total. The zero-order valence-corrected chi connectivity index (χ0v) is 11.8. The number of carbonyl (C=O) groups excluding carboxylic acids is 1. The van der Waals surface area contributed by atoms with E-state index in [1.807, 2.05) is 0 Å². The lowest BCUT2D eigenvalue weighted by Gasteiger charge is -2.13. The Labute approximate surface area is 117 Å². The maximum absolute atomic E-state index is 11.2. The van der Waals surface area contributed by atoms with Crippen LogP contribution in [0.1, 0.15) is 6.92 Å². The first-order chi connectivity index (χ1) is 9.10. The molecule has 0 bridgehead atoms. The van der Waals surface area contributed by atoms with E-state index in [1.165, 1.54) is 7.11 Å². The summed E-state index contributed by atoms with van der Waals surface area (Å²) in [4.78, 5) is 11.2. The van der Waals surface area contributed by atoms with Crippen molar-refractivity contribution >= 4 is 29.1 Å². The summed E-state index contributed by atoms with van der Waals surface area (Å²) in [6, 6.07) is 5.18. The van der Waals surface area contributed by atoms with Crippen LogP contribution in [0.2, 0.25) is 0 Å². The van der Waals surface area contributed by atoms with E-state index < -0.39 is 6.09 Å². The second kappa shape index (κ2) is 7.42. The molecular formula is C12H16N2O4S. The van der Waals surface area contributed by atoms with Crippen molar-refractivity contribution in [2.45, 2.75) is 6.92 Å². The molecule has 19 heavy (non-hydrogen) atoms. The summed E-state index contributed by atoms with van der Waals surface area (Å²) in [6.45, 7) is 1.99. The fourth-order valence-electron chi connectivity index (χ4n) is 1.32. The number of hydrogen-bond donors (Lipinski definition) is 2. The van der Waals surface area contributed by atoms with E-state index in [9.17, 15) is 4.79 Å². The number of ether oxygens (including phenoxy) is 3. The predicted octanol–water partition coefficient (Wildman–Crippen LogP) is 2.15. The third-order valence-electron chi connectivity index (χ3n) is 2.15. The number of hydrogen-bond acceptors (Lipinski definition) is 5. The minimum atomic E-state index is -0.604. The van der Waals surface area contributed by atoms with Gasteiger partial charge in [-0.05, 0) is 31.3 Å². The molecule has 1 amide bonds. The first kappa shape index (κ1) is 15.0. The SMILES string of the molecule is CCOC(=O)NC(=S)Nc1ccc(OC)cc1OC. The number of alkyl carbamates (subject to hydrolysis) is 1. The van der Waals surface area contributed by atoms with Gasteiger partial charge in [-0.25, -0.2) is 4.79 Å². The summed E-state index contributed by atoms with van der Waals surface area (Å²) in [5.74, 6) is 1.21. The molecule has 0 atom stereocenters. The van der Waals surface area contributed by atoms with Crippen molar-refractivity contribution < 1.29 is 19.0 Å². The van der Waals surface area contributed by atoms with Gasteiger partial charge < -0.3 is 19.5 Å². The van der Waals surface area contributed by atoms with Crippen LogP contribution in [-0.2, 0) is 4.74 Å². The standard InChI is InChI=1S/C12H16N2O4S/c1-4-18-12(15)14-11(19)13-9-6-5-8(16-2)7-10(9)17-3/h5-7H,4H2,1-3H3,(H2,13,14,15,19). The van der Waals surface area contributed by atoms with Crippen LogP contribution in [-0.4, -0.2) is 32.0 Å². The van der Waals surface area contributed by atoms with Crippen LogP contribution in [0.4, 0.5) is 10.5 Å². The van der Waals surface area contributed by atoms with Crippen LogP contribution < -0.4 is 20.1 Å². The first-order valence-electron chi connectivity index (χ1n) is 5.57. The predicted molar refractivity (Wildman–Crippen MR) is 75.9 cm³/mol. The van der Waals surface area contributed by atoms with Gasteiger partial charge in [0.2, 0.25) is 0 Å². The molecular weight excluding hydrogens is 268 g/mol. The zero-order chi connectivity index (χ0) is 14.3. The molecule has 104 valence electrons. The maximum atomic E-state index is 11.2. The normalized spacial score (nSPS) is 9.42. The van der Waals surface area contributed by atoms with Gasteiger partial charge in [0.25, 0.3) is 0 Å². The second-order valence-corrected chi connectivity index (χ2v) is 3.77. The molecule has 1 aromatic carbocycles. The zero-order valence-electron chi connectivity index (χ0n) is 11.0. The summed E-state index contributed by atoms with van der Waals surface area (Å²) in [5, 5.41) is 5.35. The van der Waals surface area contributed by atoms with E-state index in [4.69, 9.17) is 26.4 Å². The monoisotopic (exact) mass is 284 g/mol. The summed E-state index contributed by atoms with van der Waals surface area (Å²) in [7, 11) is 3.09. The molecule has 1 aromatic rings. The Morgan fingerprint density at radius 3 is 2.63 bits per heavy atom. The number of thiocarbonyl (C=S) groups is 1. The molecule has 7 heteroatoms. The number of rotatable bonds is 4. The number of anilines is 1. The molecule has 0 aliphatic rings. The van der Waals surface area contributed by atoms with Crippen LogP contribution in [0.3, 0.4) is 0 Å². The molecule has 0 saturated heterocycles. The smallest absolute Gasteiger partial charge is 0.413 e. The Kier molecular flexibility index (Phi) is 5.87. The number of carbonyl (C=O) groups is 1. The Morgan fingerprint density at radius 2 is 2.05 bits per heavy atom. The van der Waals surface area contributed by atoms with Gasteiger partial charge in [0, 0.05) is 6.07 Å². The molecule has 0 unspecified atom stereocenters. The van der Waals surface area contributed by atoms with Crippen molar-refractivity contribution in [2.75, 3.05) is 26.1 Å². The van der Waals surface area contributed by atoms with Gasteiger partial charge in [-0.1, -0.05) is 0 Å². The minimum absolute atomic E-state index is 0.127. The van der Waals surface area contributed by atoms with Crippen molar-refractivity contribution in [1.29, 1.82) is 0 Å². The molecule has 6 nitrogen and oxygen atoms in total. The van der Waals surface area contributed by atoms with Crippen molar-refractivity contribution in [3.8, 4) is 11.5 Å². The Morgan fingerprint density at radius 1 is 1.32 bits per heavy atom. The van der Waals surface area contributed by atoms with Gasteiger partial charge in [0.15, 0.2) is 5.11 Å². The lowest BCUT2D eigenvalue weighted by atomic mass is 10.2. The first-order valence-corrected chi connectivity index (χ1v) is 5.98. The van der Waals surface area contributed by atoms with Crippen molar-refractivity contribution in [2.24, 2.45) is 0 Å². The Bertz CT molecular complexity index is 465. The number of nitrogens with one attached hydrogen (secondary N) is 2. The van der Waals surface area contributed by atoms with E-state index >= 15 is 0 Å². The summed E-state index contributed by atoms with van der Waals surface area (Å²) in [6.07, 6.45) is -0.604. The van der Waals surface area contributed by atoms with E-state index in [0.717, 1.165) is 0 Å². The molecule has 1 rings (SSSR count). The number of methoxy groups -OCH3 is 2. The fraction of sp³-hybridized carbons (Fsp3) is 0.333. The lowest BCUT2D eigenvalue weighted by molar-refractivity contribution is 0.158. The molecule has 0 aromatic heterocycles. The van der Waals surface area contributed by atoms with Gasteiger partial charge in [-0.15, -0.1) is 0 Å². The third kappa shape index (κ3) is 4.63. The van der Waals surface area contributed by atoms with Crippen LogP contribution >= 0.6 is 12.2 Å². The number of amides is 1. The summed E-state index contributed by atoms with van der Waals surface area (Å²) < 4.78 is 15.0. The quantitative estimate of drug-likeness (QED) is 0.826. The average Bonchev–Trinajstić information content (AvgIpc) is 2.39. The minimum Gasteiger partial charge on any atom is -0.497 e. The molecule has 0 saturated carbocycles. The van der Waals surface area contributed by atoms with E-state index in [-0.39, 0.29) is 11.7 Å². The van der Waals surface area contributed by atoms with Crippen molar-refractivity contribution in [3.05, 3.63) is 18.2 Å². The molecule has 0 aliphatic carbocycles. The molecule has 0 heterocycles.